The summed E-state index contributed by atoms with van der Waals surface area (Å²) >= 11 is 1.25. The fourth-order valence-corrected chi connectivity index (χ4v) is 3.42. The minimum Gasteiger partial charge on any atom is -0.493 e. The van der Waals surface area contributed by atoms with Crippen LogP contribution in [0.15, 0.2) is 59.9 Å². The van der Waals surface area contributed by atoms with Crippen LogP contribution in [0.4, 0.5) is 4.39 Å². The van der Waals surface area contributed by atoms with Crippen molar-refractivity contribution >= 4 is 17.7 Å². The number of carbonyl (C=O) groups excluding carboxylic acids is 1. The molecule has 0 aliphatic carbocycles. The number of hydrogen-bond acceptors (Lipinski definition) is 6. The van der Waals surface area contributed by atoms with E-state index in [0.717, 1.165) is 11.1 Å². The van der Waals surface area contributed by atoms with E-state index in [1.807, 2.05) is 18.2 Å². The summed E-state index contributed by atoms with van der Waals surface area (Å²) < 4.78 is 23.6. The molecule has 0 spiro atoms. The number of benzene rings is 2. The molecular formula is C22H22FN3O3S. The number of rotatable bonds is 9. The van der Waals surface area contributed by atoms with Gasteiger partial charge in [-0.25, -0.2) is 14.4 Å². The van der Waals surface area contributed by atoms with Crippen LogP contribution in [0.1, 0.15) is 5.56 Å². The van der Waals surface area contributed by atoms with Crippen LogP contribution in [0.25, 0.3) is 11.3 Å². The molecule has 0 aliphatic rings. The Bertz CT molecular complexity index is 999. The Hall–Kier alpha value is -3.13. The first-order chi connectivity index (χ1) is 14.6. The van der Waals surface area contributed by atoms with E-state index in [9.17, 15) is 9.18 Å². The second-order valence-corrected chi connectivity index (χ2v) is 7.25. The summed E-state index contributed by atoms with van der Waals surface area (Å²) in [5.41, 5.74) is 2.51. The lowest BCUT2D eigenvalue weighted by atomic mass is 10.1. The number of carbonyl (C=O) groups is 1. The molecule has 30 heavy (non-hydrogen) atoms. The van der Waals surface area contributed by atoms with Crippen LogP contribution < -0.4 is 14.8 Å². The van der Waals surface area contributed by atoms with Gasteiger partial charge in [0.2, 0.25) is 5.91 Å². The molecule has 1 amide bonds. The highest BCUT2D eigenvalue weighted by Gasteiger charge is 2.08. The van der Waals surface area contributed by atoms with Crippen LogP contribution in [0.5, 0.6) is 11.5 Å². The van der Waals surface area contributed by atoms with Crippen LogP contribution in [-0.2, 0) is 11.2 Å². The van der Waals surface area contributed by atoms with E-state index in [-0.39, 0.29) is 17.5 Å². The molecule has 0 radical (unpaired) electrons. The number of halogens is 1. The summed E-state index contributed by atoms with van der Waals surface area (Å²) in [5, 5.41) is 3.38. The molecule has 3 rings (SSSR count). The van der Waals surface area contributed by atoms with Gasteiger partial charge in [-0.1, -0.05) is 17.8 Å². The number of hydrogen-bond donors (Lipinski definition) is 1. The van der Waals surface area contributed by atoms with E-state index in [4.69, 9.17) is 9.47 Å². The van der Waals surface area contributed by atoms with Gasteiger partial charge in [0.15, 0.2) is 16.7 Å². The van der Waals surface area contributed by atoms with Crippen molar-refractivity contribution in [3.8, 4) is 22.8 Å². The quantitative estimate of drug-likeness (QED) is 0.414. The standard InChI is InChI=1S/C22H22FN3O3S/c1-28-19-8-3-15(13-20(19)29-2)9-11-24-21(27)14-30-22-25-12-10-18(26-22)16-4-6-17(23)7-5-16/h3-8,10,12-13H,9,11,14H2,1-2H3,(H,24,27). The van der Waals surface area contributed by atoms with Crippen molar-refractivity contribution in [3.63, 3.8) is 0 Å². The molecule has 3 aromatic rings. The van der Waals surface area contributed by atoms with Gasteiger partial charge in [-0.2, -0.15) is 0 Å². The zero-order valence-corrected chi connectivity index (χ0v) is 17.5. The van der Waals surface area contributed by atoms with Gasteiger partial charge in [-0.3, -0.25) is 4.79 Å². The fraction of sp³-hybridized carbons (Fsp3) is 0.227. The Morgan fingerprint density at radius 2 is 1.83 bits per heavy atom. The SMILES string of the molecule is COc1ccc(CCNC(=O)CSc2nccc(-c3ccc(F)cc3)n2)cc1OC. The van der Waals surface area contributed by atoms with Crippen molar-refractivity contribution in [1.29, 1.82) is 0 Å². The maximum absolute atomic E-state index is 13.1. The van der Waals surface area contributed by atoms with E-state index in [2.05, 4.69) is 15.3 Å². The topological polar surface area (TPSA) is 73.3 Å². The highest BCUT2D eigenvalue weighted by Crippen LogP contribution is 2.27. The lowest BCUT2D eigenvalue weighted by Crippen LogP contribution is -2.27. The lowest BCUT2D eigenvalue weighted by Gasteiger charge is -2.10. The van der Waals surface area contributed by atoms with Gasteiger partial charge in [0.25, 0.3) is 0 Å². The summed E-state index contributed by atoms with van der Waals surface area (Å²) in [6, 6.07) is 13.5. The molecule has 6 nitrogen and oxygen atoms in total. The molecular weight excluding hydrogens is 405 g/mol. The maximum Gasteiger partial charge on any atom is 0.230 e. The van der Waals surface area contributed by atoms with Gasteiger partial charge in [-0.05, 0) is 54.4 Å². The Morgan fingerprint density at radius 3 is 2.57 bits per heavy atom. The predicted octanol–water partition coefficient (Wildman–Crippen LogP) is 3.75. The highest BCUT2D eigenvalue weighted by molar-refractivity contribution is 7.99. The van der Waals surface area contributed by atoms with Gasteiger partial charge < -0.3 is 14.8 Å². The first-order valence-corrected chi connectivity index (χ1v) is 10.3. The third-order valence-corrected chi connectivity index (χ3v) is 5.15. The second kappa shape index (κ2) is 10.6. The van der Waals surface area contributed by atoms with Crippen molar-refractivity contribution in [1.82, 2.24) is 15.3 Å². The number of ether oxygens (including phenoxy) is 2. The molecule has 0 fully saturated rings. The van der Waals surface area contributed by atoms with Crippen molar-refractivity contribution < 1.29 is 18.7 Å². The summed E-state index contributed by atoms with van der Waals surface area (Å²) in [5.74, 6) is 1.14. The molecule has 1 aromatic heterocycles. The third-order valence-electron chi connectivity index (χ3n) is 4.29. The van der Waals surface area contributed by atoms with E-state index >= 15 is 0 Å². The molecule has 1 heterocycles. The molecule has 156 valence electrons. The second-order valence-electron chi connectivity index (χ2n) is 6.31. The molecule has 0 saturated heterocycles. The first kappa shape index (κ1) is 21.6. The Balaban J connectivity index is 1.48. The Kier molecular flexibility index (Phi) is 7.62. The summed E-state index contributed by atoms with van der Waals surface area (Å²) in [4.78, 5) is 20.8. The van der Waals surface area contributed by atoms with E-state index < -0.39 is 0 Å². The Labute approximate surface area is 178 Å². The normalized spacial score (nSPS) is 10.5. The monoisotopic (exact) mass is 427 g/mol. The minimum atomic E-state index is -0.299. The van der Waals surface area contributed by atoms with Crippen LogP contribution in [0.2, 0.25) is 0 Å². The van der Waals surface area contributed by atoms with E-state index in [1.54, 1.807) is 38.6 Å². The molecule has 0 bridgehead atoms. The van der Waals surface area contributed by atoms with Gasteiger partial charge in [0, 0.05) is 18.3 Å². The molecule has 0 unspecified atom stereocenters. The summed E-state index contributed by atoms with van der Waals surface area (Å²) in [6.07, 6.45) is 2.30. The van der Waals surface area contributed by atoms with Gasteiger partial charge in [-0.15, -0.1) is 0 Å². The lowest BCUT2D eigenvalue weighted by molar-refractivity contribution is -0.118. The largest absolute Gasteiger partial charge is 0.493 e. The predicted molar refractivity (Wildman–Crippen MR) is 114 cm³/mol. The molecule has 0 atom stereocenters. The van der Waals surface area contributed by atoms with Gasteiger partial charge in [0.05, 0.1) is 25.7 Å². The average Bonchev–Trinajstić information content (AvgIpc) is 2.78. The molecule has 0 aliphatic heterocycles. The summed E-state index contributed by atoms with van der Waals surface area (Å²) in [7, 11) is 3.18. The van der Waals surface area contributed by atoms with Crippen molar-refractivity contribution in [2.45, 2.75) is 11.6 Å². The maximum atomic E-state index is 13.1. The summed E-state index contributed by atoms with van der Waals surface area (Å²) in [6.45, 7) is 0.505. The van der Waals surface area contributed by atoms with Crippen LogP contribution >= 0.6 is 11.8 Å². The third kappa shape index (κ3) is 5.93. The van der Waals surface area contributed by atoms with Crippen LogP contribution in [-0.4, -0.2) is 42.4 Å². The van der Waals surface area contributed by atoms with Gasteiger partial charge in [0.1, 0.15) is 5.82 Å². The number of nitrogens with one attached hydrogen (secondary N) is 1. The number of amides is 1. The van der Waals surface area contributed by atoms with Crippen molar-refractivity contribution in [2.24, 2.45) is 0 Å². The number of aromatic nitrogens is 2. The van der Waals surface area contributed by atoms with Gasteiger partial charge >= 0.3 is 0 Å². The number of nitrogens with zero attached hydrogens (tertiary/aromatic N) is 2. The van der Waals surface area contributed by atoms with Crippen molar-refractivity contribution in [2.75, 3.05) is 26.5 Å². The van der Waals surface area contributed by atoms with Crippen LogP contribution in [0.3, 0.4) is 0 Å². The minimum absolute atomic E-state index is 0.101. The first-order valence-electron chi connectivity index (χ1n) is 9.28. The number of methoxy groups -OCH3 is 2. The Morgan fingerprint density at radius 1 is 1.07 bits per heavy atom. The van der Waals surface area contributed by atoms with Crippen LogP contribution in [0, 0.1) is 5.82 Å². The molecule has 8 heteroatoms. The smallest absolute Gasteiger partial charge is 0.230 e. The molecule has 2 aromatic carbocycles. The van der Waals surface area contributed by atoms with E-state index in [1.165, 1.54) is 23.9 Å². The average molecular weight is 428 g/mol. The zero-order chi connectivity index (χ0) is 21.3. The molecule has 0 saturated carbocycles. The van der Waals surface area contributed by atoms with Crippen molar-refractivity contribution in [3.05, 3.63) is 66.1 Å². The highest BCUT2D eigenvalue weighted by atomic mass is 32.2. The zero-order valence-electron chi connectivity index (χ0n) is 16.7. The molecule has 1 N–H and O–H groups in total. The number of thioether (sulfide) groups is 1. The van der Waals surface area contributed by atoms with E-state index in [0.29, 0.717) is 35.3 Å². The fourth-order valence-electron chi connectivity index (χ4n) is 2.76.